The Balaban J connectivity index is 1.78. The quantitative estimate of drug-likeness (QED) is 0.308. The summed E-state index contributed by atoms with van der Waals surface area (Å²) in [5, 5.41) is 34.4. The van der Waals surface area contributed by atoms with E-state index in [-0.39, 0.29) is 39.6 Å². The van der Waals surface area contributed by atoms with Gasteiger partial charge in [-0.3, -0.25) is 24.5 Å². The number of ketones is 2. The number of aromatic hydroxyl groups is 1. The second-order valence-electron chi connectivity index (χ2n) is 8.27. The van der Waals surface area contributed by atoms with E-state index in [1.807, 2.05) is 0 Å². The van der Waals surface area contributed by atoms with Crippen molar-refractivity contribution in [3.05, 3.63) is 80.1 Å². The number of allylic oxidation sites excluding steroid dienone is 3. The van der Waals surface area contributed by atoms with Gasteiger partial charge in [-0.1, -0.05) is 0 Å². The maximum atomic E-state index is 14.2. The average molecular weight is 498 g/mol. The number of nitro benzene ring substituents is 1. The molecule has 1 aliphatic heterocycles. The van der Waals surface area contributed by atoms with Crippen molar-refractivity contribution in [2.24, 2.45) is 0 Å². The van der Waals surface area contributed by atoms with E-state index < -0.39 is 57.3 Å². The monoisotopic (exact) mass is 498 g/mol. The zero-order valence-electron chi connectivity index (χ0n) is 19.2. The number of non-ortho nitro benzene ring substituents is 1. The Labute approximate surface area is 202 Å². The van der Waals surface area contributed by atoms with Gasteiger partial charge in [-0.15, -0.1) is 0 Å². The lowest BCUT2D eigenvalue weighted by Crippen LogP contribution is -2.38. The van der Waals surface area contributed by atoms with Gasteiger partial charge in [0.05, 0.1) is 17.6 Å². The normalized spacial score (nSPS) is 18.1. The highest BCUT2D eigenvalue weighted by Gasteiger charge is 2.55. The molecule has 1 aliphatic carbocycles. The van der Waals surface area contributed by atoms with Crippen LogP contribution in [0.4, 0.5) is 10.1 Å². The number of Topliss-reactive ketones (excluding diaryl/α,β-unsaturated/α-hetero) is 2. The predicted octanol–water partition coefficient (Wildman–Crippen LogP) is 2.90. The number of ether oxygens (including phenoxy) is 2. The van der Waals surface area contributed by atoms with Crippen molar-refractivity contribution in [3.63, 3.8) is 0 Å². The summed E-state index contributed by atoms with van der Waals surface area (Å²) in [6.07, 6.45) is 1.06. The molecule has 0 saturated heterocycles. The number of fused-ring (bicyclic) bond motifs is 3. The Bertz CT molecular complexity index is 1440. The first-order chi connectivity index (χ1) is 16.9. The number of methoxy groups -OCH3 is 1. The molecule has 1 heterocycles. The summed E-state index contributed by atoms with van der Waals surface area (Å²) in [5.41, 5.74) is -3.14. The fourth-order valence-corrected chi connectivity index (χ4v) is 4.29. The molecule has 2 aromatic carbocycles. The molecule has 0 radical (unpaired) electrons. The van der Waals surface area contributed by atoms with Crippen molar-refractivity contribution in [2.75, 3.05) is 7.11 Å². The third kappa shape index (κ3) is 3.54. The Morgan fingerprint density at radius 2 is 1.97 bits per heavy atom. The SMILES string of the molecule is COc1cc(O)c2c(c1C(=O)NCc1cc([N+](=O)[O-])ccc1F)OC1=CC(O)=C(C(C)=O)C(=O)[C@]12C. The van der Waals surface area contributed by atoms with Gasteiger partial charge in [0, 0.05) is 36.4 Å². The first-order valence-corrected chi connectivity index (χ1v) is 10.5. The van der Waals surface area contributed by atoms with Gasteiger partial charge in [0.25, 0.3) is 11.6 Å². The molecule has 36 heavy (non-hydrogen) atoms. The molecule has 0 unspecified atom stereocenters. The number of nitrogens with one attached hydrogen (secondary N) is 1. The van der Waals surface area contributed by atoms with Crippen molar-refractivity contribution in [2.45, 2.75) is 25.8 Å². The molecule has 2 aliphatic rings. The van der Waals surface area contributed by atoms with Gasteiger partial charge in [-0.05, 0) is 19.9 Å². The molecule has 0 bridgehead atoms. The summed E-state index contributed by atoms with van der Waals surface area (Å²) >= 11 is 0. The minimum absolute atomic E-state index is 0.127. The van der Waals surface area contributed by atoms with Crippen LogP contribution in [0.1, 0.15) is 35.3 Å². The fraction of sp³-hybridized carbons (Fsp3) is 0.208. The van der Waals surface area contributed by atoms with E-state index in [0.29, 0.717) is 0 Å². The molecule has 0 spiro atoms. The van der Waals surface area contributed by atoms with Gasteiger partial charge >= 0.3 is 0 Å². The molecular weight excluding hydrogens is 479 g/mol. The van der Waals surface area contributed by atoms with Gasteiger partial charge in [0.1, 0.15) is 45.4 Å². The van der Waals surface area contributed by atoms with Crippen LogP contribution in [0.3, 0.4) is 0 Å². The standard InChI is InChI=1S/C24H19FN2O9/c1-10(28)18-14(29)8-17-24(2,22(18)31)20-15(30)7-16(35-3)19(21(20)36-17)23(32)26-9-11-6-12(27(33)34)4-5-13(11)25/h4-8,29-30H,9H2,1-3H3,(H,26,32)/t24-/m1/s1. The highest BCUT2D eigenvalue weighted by atomic mass is 19.1. The lowest BCUT2D eigenvalue weighted by molar-refractivity contribution is -0.385. The van der Waals surface area contributed by atoms with E-state index in [2.05, 4.69) is 5.32 Å². The fourth-order valence-electron chi connectivity index (χ4n) is 4.29. The van der Waals surface area contributed by atoms with Gasteiger partial charge in [-0.2, -0.15) is 0 Å². The van der Waals surface area contributed by atoms with Crippen LogP contribution in [-0.4, -0.2) is 39.7 Å². The minimum atomic E-state index is -1.74. The van der Waals surface area contributed by atoms with Gasteiger partial charge in [0.15, 0.2) is 17.3 Å². The van der Waals surface area contributed by atoms with Crippen LogP contribution in [-0.2, 0) is 21.5 Å². The van der Waals surface area contributed by atoms with Gasteiger partial charge < -0.3 is 25.0 Å². The molecule has 0 fully saturated rings. The number of nitrogens with zero attached hydrogens (tertiary/aromatic N) is 1. The molecule has 1 amide bonds. The number of phenols is 1. The molecule has 11 nitrogen and oxygen atoms in total. The summed E-state index contributed by atoms with van der Waals surface area (Å²) in [6, 6.07) is 3.94. The Morgan fingerprint density at radius 1 is 1.28 bits per heavy atom. The van der Waals surface area contributed by atoms with E-state index >= 15 is 0 Å². The van der Waals surface area contributed by atoms with Crippen LogP contribution in [0.25, 0.3) is 0 Å². The number of phenolic OH excluding ortho intramolecular Hbond substituents is 1. The van der Waals surface area contributed by atoms with E-state index in [1.54, 1.807) is 0 Å². The topological polar surface area (TPSA) is 165 Å². The molecule has 4 rings (SSSR count). The van der Waals surface area contributed by atoms with E-state index in [0.717, 1.165) is 37.3 Å². The van der Waals surface area contributed by atoms with E-state index in [1.165, 1.54) is 14.0 Å². The molecule has 12 heteroatoms. The number of halogens is 1. The summed E-state index contributed by atoms with van der Waals surface area (Å²) < 4.78 is 25.1. The van der Waals surface area contributed by atoms with Crippen LogP contribution in [0, 0.1) is 15.9 Å². The summed E-state index contributed by atoms with van der Waals surface area (Å²) in [6.45, 7) is 2.03. The Kier molecular flexibility index (Phi) is 5.75. The van der Waals surface area contributed by atoms with Crippen LogP contribution >= 0.6 is 0 Å². The smallest absolute Gasteiger partial charge is 0.269 e. The number of rotatable bonds is 6. The third-order valence-electron chi connectivity index (χ3n) is 6.11. The predicted molar refractivity (Wildman–Crippen MR) is 120 cm³/mol. The number of benzene rings is 2. The first-order valence-electron chi connectivity index (χ1n) is 10.5. The maximum Gasteiger partial charge on any atom is 0.269 e. The number of hydrogen-bond acceptors (Lipinski definition) is 9. The van der Waals surface area contributed by atoms with Gasteiger partial charge in [-0.25, -0.2) is 4.39 Å². The molecule has 0 saturated carbocycles. The summed E-state index contributed by atoms with van der Waals surface area (Å²) in [4.78, 5) is 48.8. The summed E-state index contributed by atoms with van der Waals surface area (Å²) in [7, 11) is 1.22. The Morgan fingerprint density at radius 3 is 2.58 bits per heavy atom. The highest BCUT2D eigenvalue weighted by molar-refractivity contribution is 6.25. The lowest BCUT2D eigenvalue weighted by Gasteiger charge is -2.27. The number of amides is 1. The second kappa shape index (κ2) is 8.48. The number of aliphatic hydroxyl groups is 1. The van der Waals surface area contributed by atoms with Crippen molar-refractivity contribution in [1.82, 2.24) is 5.32 Å². The third-order valence-corrected chi connectivity index (χ3v) is 6.11. The van der Waals surface area contributed by atoms with Crippen LogP contribution < -0.4 is 14.8 Å². The molecular formula is C24H19FN2O9. The molecule has 0 aromatic heterocycles. The minimum Gasteiger partial charge on any atom is -0.507 e. The number of carbonyl (C=O) groups excluding carboxylic acids is 3. The number of nitro groups is 1. The van der Waals surface area contributed by atoms with Gasteiger partial charge in [0.2, 0.25) is 0 Å². The Hall–Kier alpha value is -4.74. The molecule has 3 N–H and O–H groups in total. The molecule has 1 atom stereocenters. The zero-order valence-corrected chi connectivity index (χ0v) is 19.2. The van der Waals surface area contributed by atoms with E-state index in [4.69, 9.17) is 9.47 Å². The number of carbonyl (C=O) groups is 3. The van der Waals surface area contributed by atoms with Crippen molar-refractivity contribution >= 4 is 23.2 Å². The maximum absolute atomic E-state index is 14.2. The van der Waals surface area contributed by atoms with Crippen LogP contribution in [0.5, 0.6) is 17.2 Å². The first kappa shape index (κ1) is 24.4. The van der Waals surface area contributed by atoms with E-state index in [9.17, 15) is 39.1 Å². The molecule has 186 valence electrons. The number of hydrogen-bond donors (Lipinski definition) is 3. The lowest BCUT2D eigenvalue weighted by atomic mass is 9.71. The zero-order chi connectivity index (χ0) is 26.5. The highest BCUT2D eigenvalue weighted by Crippen LogP contribution is 2.56. The van der Waals surface area contributed by atoms with Crippen molar-refractivity contribution < 1.29 is 43.4 Å². The summed E-state index contributed by atoms with van der Waals surface area (Å²) in [5.74, 6) is -4.82. The van der Waals surface area contributed by atoms with Crippen molar-refractivity contribution in [1.29, 1.82) is 0 Å². The number of aliphatic hydroxyl groups excluding tert-OH is 1. The average Bonchev–Trinajstić information content (AvgIpc) is 3.11. The largest absolute Gasteiger partial charge is 0.507 e. The van der Waals surface area contributed by atoms with Crippen molar-refractivity contribution in [3.8, 4) is 17.2 Å². The van der Waals surface area contributed by atoms with Crippen LogP contribution in [0.15, 0.2) is 47.4 Å². The van der Waals surface area contributed by atoms with Crippen LogP contribution in [0.2, 0.25) is 0 Å². The molecule has 2 aromatic rings. The second-order valence-corrected chi connectivity index (χ2v) is 8.27.